The number of nitrogens with zero attached hydrogens (tertiary/aromatic N) is 3. The molecule has 1 N–H and O–H groups in total. The van der Waals surface area contributed by atoms with Gasteiger partial charge in [-0.25, -0.2) is 0 Å². The first kappa shape index (κ1) is 26.6. The molecule has 204 valence electrons. The van der Waals surface area contributed by atoms with Gasteiger partial charge >= 0.3 is 0 Å². The summed E-state index contributed by atoms with van der Waals surface area (Å²) in [5, 5.41) is 11.7. The standard InChI is InChI=1S/C30H33N3O6/c1-4-12-32-23-9-6-5-8-22(23)30(29(32)37)25(26(34)21-10-11-24(38-3)20(2)19-21)27(35)28(36)33(30)14-7-13-31-15-17-39-18-16-31/h4-6,8-11,19,34H,1,7,12-18H2,2-3H3/t30-/m0/s1. The second-order valence-electron chi connectivity index (χ2n) is 9.93. The smallest absolute Gasteiger partial charge is 0.296 e. The lowest BCUT2D eigenvalue weighted by Gasteiger charge is -2.35. The molecule has 2 saturated heterocycles. The van der Waals surface area contributed by atoms with Crippen molar-refractivity contribution in [1.29, 1.82) is 0 Å². The fourth-order valence-electron chi connectivity index (χ4n) is 5.92. The van der Waals surface area contributed by atoms with Crippen LogP contribution in [-0.2, 0) is 24.7 Å². The van der Waals surface area contributed by atoms with Crippen LogP contribution < -0.4 is 9.64 Å². The van der Waals surface area contributed by atoms with Crippen LogP contribution in [0, 0.1) is 6.92 Å². The highest BCUT2D eigenvalue weighted by molar-refractivity contribution is 6.50. The molecule has 1 spiro atoms. The molecule has 5 rings (SSSR count). The summed E-state index contributed by atoms with van der Waals surface area (Å²) in [7, 11) is 1.55. The summed E-state index contributed by atoms with van der Waals surface area (Å²) < 4.78 is 10.8. The van der Waals surface area contributed by atoms with E-state index in [1.165, 1.54) is 9.80 Å². The number of methoxy groups -OCH3 is 1. The first-order valence-electron chi connectivity index (χ1n) is 13.1. The SMILES string of the molecule is C=CCN1C(=O)[C@@]2(C(=C(O)c3ccc(OC)c(C)c3)C(=O)C(=O)N2CCCN2CCOCC2)c2ccccc21. The molecule has 2 aromatic rings. The number of hydrogen-bond donors (Lipinski definition) is 1. The maximum absolute atomic E-state index is 14.4. The number of aliphatic hydroxyl groups excluding tert-OH is 1. The third-order valence-corrected chi connectivity index (χ3v) is 7.75. The highest BCUT2D eigenvalue weighted by atomic mass is 16.5. The molecule has 1 atom stereocenters. The van der Waals surface area contributed by atoms with Gasteiger partial charge in [0.1, 0.15) is 11.5 Å². The summed E-state index contributed by atoms with van der Waals surface area (Å²) in [5.41, 5.74) is 0.144. The van der Waals surface area contributed by atoms with Gasteiger partial charge in [0.05, 0.1) is 31.6 Å². The molecule has 2 fully saturated rings. The number of para-hydroxylation sites is 1. The molecular weight excluding hydrogens is 498 g/mol. The molecule has 2 aromatic carbocycles. The van der Waals surface area contributed by atoms with E-state index < -0.39 is 28.9 Å². The Kier molecular flexibility index (Phi) is 7.29. The molecule has 0 bridgehead atoms. The Bertz CT molecular complexity index is 1360. The minimum atomic E-state index is -1.78. The van der Waals surface area contributed by atoms with Gasteiger partial charge in [0.25, 0.3) is 17.6 Å². The summed E-state index contributed by atoms with van der Waals surface area (Å²) in [4.78, 5) is 46.9. The summed E-state index contributed by atoms with van der Waals surface area (Å²) in [6, 6.07) is 12.1. The Balaban J connectivity index is 1.66. The third kappa shape index (κ3) is 4.22. The van der Waals surface area contributed by atoms with Crippen LogP contribution in [0.5, 0.6) is 5.75 Å². The number of morpholine rings is 1. The zero-order valence-electron chi connectivity index (χ0n) is 22.3. The number of rotatable bonds is 8. The van der Waals surface area contributed by atoms with Gasteiger partial charge in [-0.1, -0.05) is 24.3 Å². The number of aliphatic hydroxyl groups is 1. The molecule has 2 amide bonds. The average Bonchev–Trinajstić information content (AvgIpc) is 3.32. The molecule has 3 heterocycles. The van der Waals surface area contributed by atoms with Crippen LogP contribution in [0.4, 0.5) is 5.69 Å². The second kappa shape index (κ2) is 10.7. The monoisotopic (exact) mass is 531 g/mol. The number of carbonyl (C=O) groups excluding carboxylic acids is 3. The predicted octanol–water partition coefficient (Wildman–Crippen LogP) is 2.83. The van der Waals surface area contributed by atoms with Gasteiger partial charge in [0.2, 0.25) is 0 Å². The van der Waals surface area contributed by atoms with E-state index in [0.717, 1.165) is 18.7 Å². The minimum Gasteiger partial charge on any atom is -0.507 e. The molecule has 39 heavy (non-hydrogen) atoms. The van der Waals surface area contributed by atoms with Gasteiger partial charge < -0.3 is 24.4 Å². The summed E-state index contributed by atoms with van der Waals surface area (Å²) in [6.07, 6.45) is 2.15. The van der Waals surface area contributed by atoms with Gasteiger partial charge in [0.15, 0.2) is 5.54 Å². The van der Waals surface area contributed by atoms with Crippen molar-refractivity contribution in [1.82, 2.24) is 9.80 Å². The highest BCUT2D eigenvalue weighted by Crippen LogP contribution is 2.53. The molecule has 0 saturated carbocycles. The maximum atomic E-state index is 14.4. The van der Waals surface area contributed by atoms with Crippen molar-refractivity contribution in [3.05, 3.63) is 77.4 Å². The zero-order valence-corrected chi connectivity index (χ0v) is 22.3. The van der Waals surface area contributed by atoms with Gasteiger partial charge in [-0.05, 0) is 43.2 Å². The third-order valence-electron chi connectivity index (χ3n) is 7.75. The normalized spacial score (nSPS) is 22.6. The Morgan fingerprint density at radius 2 is 1.87 bits per heavy atom. The molecule has 0 radical (unpaired) electrons. The van der Waals surface area contributed by atoms with Crippen LogP contribution in [0.2, 0.25) is 0 Å². The molecule has 3 aliphatic rings. The largest absolute Gasteiger partial charge is 0.507 e. The van der Waals surface area contributed by atoms with E-state index in [-0.39, 0.29) is 18.7 Å². The molecule has 0 unspecified atom stereocenters. The van der Waals surface area contributed by atoms with Crippen molar-refractivity contribution >= 4 is 29.0 Å². The van der Waals surface area contributed by atoms with Crippen molar-refractivity contribution < 1.29 is 29.0 Å². The zero-order chi connectivity index (χ0) is 27.7. The summed E-state index contributed by atoms with van der Waals surface area (Å²) in [6.45, 7) is 9.53. The van der Waals surface area contributed by atoms with Gasteiger partial charge in [-0.15, -0.1) is 6.58 Å². The van der Waals surface area contributed by atoms with Gasteiger partial charge in [0, 0.05) is 43.9 Å². The van der Waals surface area contributed by atoms with E-state index >= 15 is 0 Å². The Labute approximate surface area is 227 Å². The molecule has 9 heteroatoms. The minimum absolute atomic E-state index is 0.169. The number of likely N-dealkylation sites (tertiary alicyclic amines) is 1. The molecule has 0 aliphatic carbocycles. The number of fused-ring (bicyclic) bond motifs is 2. The van der Waals surface area contributed by atoms with Gasteiger partial charge in [-0.2, -0.15) is 0 Å². The Morgan fingerprint density at radius 1 is 1.13 bits per heavy atom. The summed E-state index contributed by atoms with van der Waals surface area (Å²) >= 11 is 0. The van der Waals surface area contributed by atoms with Crippen LogP contribution in [0.3, 0.4) is 0 Å². The second-order valence-corrected chi connectivity index (χ2v) is 9.93. The van der Waals surface area contributed by atoms with Crippen molar-refractivity contribution in [2.75, 3.05) is 57.9 Å². The van der Waals surface area contributed by atoms with Crippen molar-refractivity contribution in [2.45, 2.75) is 18.9 Å². The molecule has 9 nitrogen and oxygen atoms in total. The lowest BCUT2D eigenvalue weighted by molar-refractivity contribution is -0.143. The average molecular weight is 532 g/mol. The maximum Gasteiger partial charge on any atom is 0.296 e. The number of aryl methyl sites for hydroxylation is 1. The van der Waals surface area contributed by atoms with E-state index in [2.05, 4.69) is 11.5 Å². The highest BCUT2D eigenvalue weighted by Gasteiger charge is 2.66. The topological polar surface area (TPSA) is 99.6 Å². The number of carbonyl (C=O) groups is 3. The molecule has 0 aromatic heterocycles. The van der Waals surface area contributed by atoms with E-state index in [9.17, 15) is 19.5 Å². The van der Waals surface area contributed by atoms with E-state index in [4.69, 9.17) is 9.47 Å². The van der Waals surface area contributed by atoms with Crippen molar-refractivity contribution in [3.63, 3.8) is 0 Å². The molecular formula is C30H33N3O6. The van der Waals surface area contributed by atoms with E-state index in [1.54, 1.807) is 55.7 Å². The van der Waals surface area contributed by atoms with Crippen LogP contribution in [-0.4, -0.2) is 85.6 Å². The number of hydrogen-bond acceptors (Lipinski definition) is 7. The van der Waals surface area contributed by atoms with Crippen molar-refractivity contribution in [3.8, 4) is 5.75 Å². The molecule has 3 aliphatic heterocycles. The predicted molar refractivity (Wildman–Crippen MR) is 147 cm³/mol. The van der Waals surface area contributed by atoms with Crippen LogP contribution >= 0.6 is 0 Å². The van der Waals surface area contributed by atoms with Gasteiger partial charge in [-0.3, -0.25) is 19.3 Å². The Morgan fingerprint density at radius 3 is 2.56 bits per heavy atom. The number of amides is 2. The first-order chi connectivity index (χ1) is 18.9. The fraction of sp³-hybridized carbons (Fsp3) is 0.367. The van der Waals surface area contributed by atoms with E-state index in [0.29, 0.717) is 48.7 Å². The number of benzene rings is 2. The number of ketones is 1. The van der Waals surface area contributed by atoms with E-state index in [1.807, 2.05) is 6.92 Å². The van der Waals surface area contributed by atoms with Crippen molar-refractivity contribution in [2.24, 2.45) is 0 Å². The summed E-state index contributed by atoms with van der Waals surface area (Å²) in [5.74, 6) is -1.91. The fourth-order valence-corrected chi connectivity index (χ4v) is 5.92. The number of Topliss-reactive ketones (excluding diaryl/α,β-unsaturated/α-hetero) is 1. The van der Waals surface area contributed by atoms with Crippen LogP contribution in [0.1, 0.15) is 23.1 Å². The number of ether oxygens (including phenoxy) is 2. The Hall–Kier alpha value is -3.95. The number of anilines is 1. The van der Waals surface area contributed by atoms with Crippen LogP contribution in [0.15, 0.2) is 60.7 Å². The lowest BCUT2D eigenvalue weighted by Crippen LogP contribution is -2.52. The first-order valence-corrected chi connectivity index (χ1v) is 13.1. The van der Waals surface area contributed by atoms with Crippen LogP contribution in [0.25, 0.3) is 5.76 Å². The quantitative estimate of drug-likeness (QED) is 0.242. The lowest BCUT2D eigenvalue weighted by atomic mass is 9.81.